The fraction of sp³-hybridized carbons (Fsp3) is 0.200. The maximum absolute atomic E-state index is 3.18. The van der Waals surface area contributed by atoms with E-state index in [2.05, 4.69) is 33.9 Å². The normalized spacial score (nSPS) is 9.50. The summed E-state index contributed by atoms with van der Waals surface area (Å²) in [5, 5.41) is 0. The van der Waals surface area contributed by atoms with Gasteiger partial charge < -0.3 is 14.9 Å². The Kier molecular flexibility index (Phi) is 4.05. The van der Waals surface area contributed by atoms with Gasteiger partial charge in [-0.3, -0.25) is 0 Å². The molecule has 0 aliphatic carbocycles. The number of H-pyrrole nitrogens is 2. The fourth-order valence-electron chi connectivity index (χ4n) is 1.45. The molecule has 3 nitrogen and oxygen atoms in total. The SMILES string of the molecule is CCN(c1ccc[nH]1)c1ccc[nH]1.[Ti]. The van der Waals surface area contributed by atoms with Crippen LogP contribution in [0.15, 0.2) is 36.7 Å². The number of hydrogen-bond acceptors (Lipinski definition) is 1. The first kappa shape index (κ1) is 11.2. The molecular formula is C10H13N3Ti. The van der Waals surface area contributed by atoms with Gasteiger partial charge in [0.2, 0.25) is 0 Å². The minimum atomic E-state index is 0. The van der Waals surface area contributed by atoms with Gasteiger partial charge in [-0.2, -0.15) is 0 Å². The van der Waals surface area contributed by atoms with Crippen molar-refractivity contribution >= 4 is 11.6 Å². The van der Waals surface area contributed by atoms with Gasteiger partial charge in [-0.05, 0) is 31.2 Å². The number of rotatable bonds is 3. The van der Waals surface area contributed by atoms with Crippen LogP contribution in [0, 0.1) is 0 Å². The van der Waals surface area contributed by atoms with Gasteiger partial charge in [0, 0.05) is 40.7 Å². The van der Waals surface area contributed by atoms with E-state index in [0.29, 0.717) is 0 Å². The predicted octanol–water partition coefficient (Wildman–Crippen LogP) is 2.50. The number of nitrogens with zero attached hydrogens (tertiary/aromatic N) is 1. The summed E-state index contributed by atoms with van der Waals surface area (Å²) in [7, 11) is 0. The van der Waals surface area contributed by atoms with Crippen LogP contribution in [0.25, 0.3) is 0 Å². The van der Waals surface area contributed by atoms with Gasteiger partial charge in [0.25, 0.3) is 0 Å². The van der Waals surface area contributed by atoms with Gasteiger partial charge in [-0.25, -0.2) is 0 Å². The largest absolute Gasteiger partial charge is 0.348 e. The second kappa shape index (κ2) is 5.08. The topological polar surface area (TPSA) is 34.8 Å². The fourth-order valence-corrected chi connectivity index (χ4v) is 1.45. The van der Waals surface area contributed by atoms with Crippen LogP contribution in [0.3, 0.4) is 0 Å². The first-order chi connectivity index (χ1) is 6.42. The Morgan fingerprint density at radius 3 is 1.86 bits per heavy atom. The first-order valence-electron chi connectivity index (χ1n) is 4.46. The molecule has 0 saturated heterocycles. The van der Waals surface area contributed by atoms with Crippen molar-refractivity contribution in [1.29, 1.82) is 0 Å². The third kappa shape index (κ3) is 2.11. The van der Waals surface area contributed by atoms with Gasteiger partial charge >= 0.3 is 0 Å². The van der Waals surface area contributed by atoms with E-state index in [1.165, 1.54) is 0 Å². The van der Waals surface area contributed by atoms with Gasteiger partial charge in [-0.15, -0.1) is 0 Å². The van der Waals surface area contributed by atoms with Crippen LogP contribution in [-0.4, -0.2) is 16.5 Å². The molecule has 2 aromatic rings. The van der Waals surface area contributed by atoms with E-state index in [0.717, 1.165) is 18.2 Å². The van der Waals surface area contributed by atoms with Crippen molar-refractivity contribution in [3.05, 3.63) is 36.7 Å². The van der Waals surface area contributed by atoms with Gasteiger partial charge in [-0.1, -0.05) is 0 Å². The van der Waals surface area contributed by atoms with E-state index in [1.54, 1.807) is 0 Å². The molecule has 2 aromatic heterocycles. The number of anilines is 2. The maximum atomic E-state index is 3.18. The summed E-state index contributed by atoms with van der Waals surface area (Å²) in [4.78, 5) is 8.55. The van der Waals surface area contributed by atoms with Crippen LogP contribution in [0.4, 0.5) is 11.6 Å². The summed E-state index contributed by atoms with van der Waals surface area (Å²) in [5.41, 5.74) is 0. The Balaban J connectivity index is 0.000000980. The summed E-state index contributed by atoms with van der Waals surface area (Å²) in [5.74, 6) is 2.23. The van der Waals surface area contributed by atoms with Crippen molar-refractivity contribution in [1.82, 2.24) is 9.97 Å². The van der Waals surface area contributed by atoms with Crippen LogP contribution in [0.2, 0.25) is 0 Å². The average Bonchev–Trinajstić information content (AvgIpc) is 2.76. The summed E-state index contributed by atoms with van der Waals surface area (Å²) in [6.45, 7) is 3.07. The van der Waals surface area contributed by atoms with Crippen molar-refractivity contribution in [2.24, 2.45) is 0 Å². The van der Waals surface area contributed by atoms with E-state index in [9.17, 15) is 0 Å². The standard InChI is InChI=1S/C10H13N3.Ti/c1-2-13(9-5-3-7-11-9)10-6-4-8-12-10;/h3-8,11-12H,2H2,1H3;. The van der Waals surface area contributed by atoms with Crippen LogP contribution in [-0.2, 0) is 21.7 Å². The molecular weight excluding hydrogens is 210 g/mol. The molecule has 0 aromatic carbocycles. The van der Waals surface area contributed by atoms with Crippen molar-refractivity contribution in [2.75, 3.05) is 11.4 Å². The van der Waals surface area contributed by atoms with Crippen molar-refractivity contribution in [3.8, 4) is 0 Å². The minimum Gasteiger partial charge on any atom is -0.348 e. The van der Waals surface area contributed by atoms with Gasteiger partial charge in [0.05, 0.1) is 0 Å². The third-order valence-electron chi connectivity index (χ3n) is 2.06. The van der Waals surface area contributed by atoms with E-state index in [-0.39, 0.29) is 21.7 Å². The molecule has 14 heavy (non-hydrogen) atoms. The molecule has 0 aliphatic rings. The number of hydrogen-bond donors (Lipinski definition) is 2. The zero-order valence-electron chi connectivity index (χ0n) is 8.12. The maximum Gasteiger partial charge on any atom is 0.111 e. The molecule has 0 atom stereocenters. The Morgan fingerprint density at radius 1 is 1.07 bits per heavy atom. The quantitative estimate of drug-likeness (QED) is 0.770. The second-order valence-corrected chi connectivity index (χ2v) is 2.85. The Hall–Kier alpha value is -0.926. The summed E-state index contributed by atoms with van der Waals surface area (Å²) in [6, 6.07) is 8.12. The van der Waals surface area contributed by atoms with Crippen LogP contribution >= 0.6 is 0 Å². The zero-order chi connectivity index (χ0) is 9.10. The van der Waals surface area contributed by atoms with E-state index in [4.69, 9.17) is 0 Å². The third-order valence-corrected chi connectivity index (χ3v) is 2.06. The van der Waals surface area contributed by atoms with Gasteiger partial charge in [0.15, 0.2) is 0 Å². The second-order valence-electron chi connectivity index (χ2n) is 2.85. The average molecular weight is 223 g/mol. The smallest absolute Gasteiger partial charge is 0.111 e. The molecule has 2 heterocycles. The number of nitrogens with one attached hydrogen (secondary N) is 2. The zero-order valence-corrected chi connectivity index (χ0v) is 9.68. The monoisotopic (exact) mass is 223 g/mol. The van der Waals surface area contributed by atoms with Crippen LogP contribution < -0.4 is 4.90 Å². The van der Waals surface area contributed by atoms with Crippen molar-refractivity contribution < 1.29 is 21.7 Å². The molecule has 0 amide bonds. The van der Waals surface area contributed by atoms with Gasteiger partial charge in [0.1, 0.15) is 11.6 Å². The predicted molar refractivity (Wildman–Crippen MR) is 54.3 cm³/mol. The molecule has 4 heteroatoms. The number of aromatic amines is 2. The summed E-state index contributed by atoms with van der Waals surface area (Å²) < 4.78 is 0. The molecule has 2 N–H and O–H groups in total. The molecule has 0 unspecified atom stereocenters. The van der Waals surface area contributed by atoms with Crippen molar-refractivity contribution in [3.63, 3.8) is 0 Å². The summed E-state index contributed by atoms with van der Waals surface area (Å²) in [6.07, 6.45) is 3.86. The molecule has 0 radical (unpaired) electrons. The van der Waals surface area contributed by atoms with E-state index in [1.807, 2.05) is 24.5 Å². The molecule has 0 bridgehead atoms. The van der Waals surface area contributed by atoms with Crippen molar-refractivity contribution in [2.45, 2.75) is 6.92 Å². The van der Waals surface area contributed by atoms with Crippen LogP contribution in [0.1, 0.15) is 6.92 Å². The minimum absolute atomic E-state index is 0. The molecule has 0 fully saturated rings. The molecule has 0 spiro atoms. The Bertz CT molecular complexity index is 305. The molecule has 0 aliphatic heterocycles. The molecule has 72 valence electrons. The Labute approximate surface area is 98.4 Å². The van der Waals surface area contributed by atoms with E-state index < -0.39 is 0 Å². The van der Waals surface area contributed by atoms with Crippen LogP contribution in [0.5, 0.6) is 0 Å². The Morgan fingerprint density at radius 2 is 1.57 bits per heavy atom. The molecule has 2 rings (SSSR count). The molecule has 0 saturated carbocycles. The van der Waals surface area contributed by atoms with E-state index >= 15 is 0 Å². The first-order valence-corrected chi connectivity index (χ1v) is 4.46. The summed E-state index contributed by atoms with van der Waals surface area (Å²) >= 11 is 0. The number of aromatic nitrogens is 2.